The van der Waals surface area contributed by atoms with E-state index in [1.807, 2.05) is 24.3 Å². The number of hydrogen-bond acceptors (Lipinski definition) is 2. The molecule has 2 nitrogen and oxygen atoms in total. The van der Waals surface area contributed by atoms with E-state index in [-0.39, 0.29) is 0 Å². The summed E-state index contributed by atoms with van der Waals surface area (Å²) in [7, 11) is 0. The molecular formula is C10H9ClO2. The third kappa shape index (κ3) is 1.63. The Hall–Kier alpha value is -1.15. The van der Waals surface area contributed by atoms with Gasteiger partial charge in [-0.2, -0.15) is 0 Å². The van der Waals surface area contributed by atoms with E-state index in [1.54, 1.807) is 0 Å². The largest absolute Gasteiger partial charge is 0.438 e. The summed E-state index contributed by atoms with van der Waals surface area (Å²) < 4.78 is 10.4. The zero-order valence-electron chi connectivity index (χ0n) is 7.00. The van der Waals surface area contributed by atoms with Crippen molar-refractivity contribution < 1.29 is 9.47 Å². The van der Waals surface area contributed by atoms with Crippen molar-refractivity contribution in [2.75, 3.05) is 0 Å². The number of rotatable bonds is 2. The highest BCUT2D eigenvalue weighted by molar-refractivity contribution is 6.19. The van der Waals surface area contributed by atoms with Crippen molar-refractivity contribution in [1.29, 1.82) is 0 Å². The van der Waals surface area contributed by atoms with Gasteiger partial charge in [-0.15, -0.1) is 6.58 Å². The van der Waals surface area contributed by atoms with Crippen LogP contribution in [0.5, 0.6) is 11.5 Å². The van der Waals surface area contributed by atoms with Gasteiger partial charge in [-0.3, -0.25) is 0 Å². The fraction of sp³-hybridized carbons (Fsp3) is 0.200. The number of benzene rings is 1. The lowest BCUT2D eigenvalue weighted by Crippen LogP contribution is -2.07. The van der Waals surface area contributed by atoms with E-state index in [0.717, 1.165) is 12.0 Å². The molecule has 0 bridgehead atoms. The van der Waals surface area contributed by atoms with E-state index in [4.69, 9.17) is 21.1 Å². The molecule has 1 aromatic rings. The van der Waals surface area contributed by atoms with Crippen LogP contribution >= 0.6 is 11.6 Å². The average Bonchev–Trinajstić information content (AvgIpc) is 2.44. The standard InChI is InChI=1S/C10H9ClO2/c1-2-3-7-4-5-8-9(6-7)13-10(11)12-8/h2,4-6,10H,1,3H2. The summed E-state index contributed by atoms with van der Waals surface area (Å²) in [4.78, 5) is 0. The van der Waals surface area contributed by atoms with Gasteiger partial charge < -0.3 is 9.47 Å². The first kappa shape index (κ1) is 8.45. The fourth-order valence-electron chi connectivity index (χ4n) is 1.26. The molecule has 0 fully saturated rings. The second-order valence-electron chi connectivity index (χ2n) is 2.78. The predicted octanol–water partition coefficient (Wildman–Crippen LogP) is 2.71. The van der Waals surface area contributed by atoms with Crippen molar-refractivity contribution in [3.05, 3.63) is 36.4 Å². The highest BCUT2D eigenvalue weighted by Gasteiger charge is 2.21. The number of allylic oxidation sites excluding steroid dienone is 1. The monoisotopic (exact) mass is 196 g/mol. The molecule has 1 atom stereocenters. The molecule has 0 aliphatic carbocycles. The molecule has 0 aromatic heterocycles. The second-order valence-corrected chi connectivity index (χ2v) is 3.14. The van der Waals surface area contributed by atoms with Gasteiger partial charge >= 0.3 is 5.75 Å². The average molecular weight is 197 g/mol. The molecule has 1 aromatic carbocycles. The van der Waals surface area contributed by atoms with Crippen LogP contribution in [0, 0.1) is 0 Å². The summed E-state index contributed by atoms with van der Waals surface area (Å²) in [6.45, 7) is 3.67. The molecule has 2 rings (SSSR count). The summed E-state index contributed by atoms with van der Waals surface area (Å²) in [5.74, 6) is 0.723. The first-order chi connectivity index (χ1) is 6.29. The molecular weight excluding hydrogens is 188 g/mol. The molecule has 3 heteroatoms. The van der Waals surface area contributed by atoms with E-state index in [9.17, 15) is 0 Å². The lowest BCUT2D eigenvalue weighted by Gasteiger charge is -1.98. The summed E-state index contributed by atoms with van der Waals surface area (Å²) >= 11 is 5.64. The summed E-state index contributed by atoms with van der Waals surface area (Å²) in [6, 6.07) is 5.74. The molecule has 0 saturated carbocycles. The van der Waals surface area contributed by atoms with Crippen molar-refractivity contribution in [3.8, 4) is 11.5 Å². The first-order valence-corrected chi connectivity index (χ1v) is 4.44. The van der Waals surface area contributed by atoms with Crippen molar-refractivity contribution in [3.63, 3.8) is 0 Å². The Bertz CT molecular complexity index is 336. The Morgan fingerprint density at radius 2 is 2.15 bits per heavy atom. The molecule has 1 aliphatic heterocycles. The predicted molar refractivity (Wildman–Crippen MR) is 51.2 cm³/mol. The Morgan fingerprint density at radius 1 is 1.38 bits per heavy atom. The van der Waals surface area contributed by atoms with E-state index < -0.39 is 5.75 Å². The van der Waals surface area contributed by atoms with Gasteiger partial charge in [-0.25, -0.2) is 0 Å². The van der Waals surface area contributed by atoms with Gasteiger partial charge in [-0.1, -0.05) is 12.1 Å². The van der Waals surface area contributed by atoms with Crippen molar-refractivity contribution in [2.24, 2.45) is 0 Å². The van der Waals surface area contributed by atoms with Crippen LogP contribution in [0.15, 0.2) is 30.9 Å². The van der Waals surface area contributed by atoms with Crippen LogP contribution < -0.4 is 9.47 Å². The van der Waals surface area contributed by atoms with Crippen LogP contribution in [-0.4, -0.2) is 5.75 Å². The molecule has 1 heterocycles. The zero-order chi connectivity index (χ0) is 9.26. The minimum absolute atomic E-state index is 0.686. The summed E-state index contributed by atoms with van der Waals surface area (Å²) in [5.41, 5.74) is 1.14. The number of fused-ring (bicyclic) bond motifs is 1. The quantitative estimate of drug-likeness (QED) is 0.535. The smallest absolute Gasteiger partial charge is 0.322 e. The van der Waals surface area contributed by atoms with Crippen LogP contribution in [0.25, 0.3) is 0 Å². The third-order valence-electron chi connectivity index (χ3n) is 1.83. The molecule has 1 unspecified atom stereocenters. The van der Waals surface area contributed by atoms with Gasteiger partial charge in [0, 0.05) is 0 Å². The number of halogens is 1. The third-order valence-corrected chi connectivity index (χ3v) is 2.01. The second kappa shape index (κ2) is 3.30. The summed E-state index contributed by atoms with van der Waals surface area (Å²) in [6.07, 6.45) is 2.67. The minimum atomic E-state index is -0.686. The van der Waals surface area contributed by atoms with Crippen molar-refractivity contribution in [2.45, 2.75) is 12.2 Å². The van der Waals surface area contributed by atoms with Crippen LogP contribution in [-0.2, 0) is 6.42 Å². The topological polar surface area (TPSA) is 18.5 Å². The molecule has 0 radical (unpaired) electrons. The van der Waals surface area contributed by atoms with E-state index in [0.29, 0.717) is 11.5 Å². The van der Waals surface area contributed by atoms with Gasteiger partial charge in [0.05, 0.1) is 0 Å². The Labute approximate surface area is 81.7 Å². The minimum Gasteiger partial charge on any atom is -0.438 e. The molecule has 0 spiro atoms. The van der Waals surface area contributed by atoms with Gasteiger partial charge in [0.15, 0.2) is 11.5 Å². The molecule has 13 heavy (non-hydrogen) atoms. The summed E-state index contributed by atoms with van der Waals surface area (Å²) in [5, 5.41) is 0. The highest BCUT2D eigenvalue weighted by Crippen LogP contribution is 2.36. The molecule has 1 aliphatic rings. The van der Waals surface area contributed by atoms with Gasteiger partial charge in [-0.05, 0) is 35.7 Å². The van der Waals surface area contributed by atoms with E-state index in [1.165, 1.54) is 0 Å². The maximum Gasteiger partial charge on any atom is 0.322 e. The Morgan fingerprint density at radius 3 is 2.92 bits per heavy atom. The van der Waals surface area contributed by atoms with Crippen molar-refractivity contribution in [1.82, 2.24) is 0 Å². The van der Waals surface area contributed by atoms with Gasteiger partial charge in [0.25, 0.3) is 0 Å². The molecule has 0 N–H and O–H groups in total. The molecule has 0 saturated heterocycles. The maximum atomic E-state index is 5.64. The van der Waals surface area contributed by atoms with Gasteiger partial charge in [0.1, 0.15) is 0 Å². The number of ether oxygens (including phenoxy) is 2. The molecule has 0 amide bonds. The lowest BCUT2D eigenvalue weighted by molar-refractivity contribution is 0.128. The SMILES string of the molecule is C=CCc1ccc2c(c1)OC(Cl)O2. The van der Waals surface area contributed by atoms with E-state index in [2.05, 4.69) is 6.58 Å². The van der Waals surface area contributed by atoms with Crippen LogP contribution in [0.3, 0.4) is 0 Å². The molecule has 68 valence electrons. The Balaban J connectivity index is 2.29. The lowest BCUT2D eigenvalue weighted by atomic mass is 10.1. The number of hydrogen-bond donors (Lipinski definition) is 0. The number of alkyl halides is 1. The highest BCUT2D eigenvalue weighted by atomic mass is 35.5. The van der Waals surface area contributed by atoms with Crippen LogP contribution in [0.1, 0.15) is 5.56 Å². The normalized spacial score (nSPS) is 18.7. The van der Waals surface area contributed by atoms with Crippen LogP contribution in [0.4, 0.5) is 0 Å². The van der Waals surface area contributed by atoms with Crippen molar-refractivity contribution >= 4 is 11.6 Å². The zero-order valence-corrected chi connectivity index (χ0v) is 7.75. The van der Waals surface area contributed by atoms with E-state index >= 15 is 0 Å². The van der Waals surface area contributed by atoms with Crippen LogP contribution in [0.2, 0.25) is 0 Å². The fourth-order valence-corrected chi connectivity index (χ4v) is 1.45. The first-order valence-electron chi connectivity index (χ1n) is 4.01. The van der Waals surface area contributed by atoms with Gasteiger partial charge in [0.2, 0.25) is 0 Å². The maximum absolute atomic E-state index is 5.64. The Kier molecular flexibility index (Phi) is 2.15.